The number of nitrogens with zero attached hydrogens (tertiary/aromatic N) is 3. The highest BCUT2D eigenvalue weighted by molar-refractivity contribution is 7.22. The van der Waals surface area contributed by atoms with Gasteiger partial charge in [-0.25, -0.2) is 9.78 Å². The van der Waals surface area contributed by atoms with E-state index >= 15 is 0 Å². The number of rotatable bonds is 4. The Balaban J connectivity index is 1.41. The van der Waals surface area contributed by atoms with Crippen molar-refractivity contribution in [1.82, 2.24) is 9.88 Å². The predicted octanol–water partition coefficient (Wildman–Crippen LogP) is 4.36. The number of hydrogen-bond donors (Lipinski definition) is 1. The van der Waals surface area contributed by atoms with E-state index < -0.39 is 0 Å². The molecule has 1 fully saturated rings. The Hall–Kier alpha value is -2.80. The predicted molar refractivity (Wildman–Crippen MR) is 115 cm³/mol. The summed E-state index contributed by atoms with van der Waals surface area (Å²) in [7, 11) is 0. The number of urea groups is 1. The molecule has 0 atom stereocenters. The number of aromatic nitrogens is 1. The van der Waals surface area contributed by atoms with Crippen LogP contribution in [0.5, 0.6) is 5.75 Å². The average Bonchev–Trinajstić information content (AvgIpc) is 3.15. The molecular formula is C21H24N4O2S. The van der Waals surface area contributed by atoms with Crippen LogP contribution in [-0.2, 0) is 0 Å². The Morgan fingerprint density at radius 2 is 1.93 bits per heavy atom. The van der Waals surface area contributed by atoms with Gasteiger partial charge in [0.2, 0.25) is 0 Å². The second kappa shape index (κ2) is 8.06. The van der Waals surface area contributed by atoms with Gasteiger partial charge in [-0.05, 0) is 37.6 Å². The summed E-state index contributed by atoms with van der Waals surface area (Å²) in [6.45, 7) is 7.49. The number of anilines is 2. The lowest BCUT2D eigenvalue weighted by Gasteiger charge is -2.34. The first-order chi connectivity index (χ1) is 13.7. The van der Waals surface area contributed by atoms with Crippen molar-refractivity contribution in [3.05, 3.63) is 48.0 Å². The molecular weight excluding hydrogens is 372 g/mol. The minimum absolute atomic E-state index is 0.0446. The highest BCUT2D eigenvalue weighted by atomic mass is 32.1. The maximum absolute atomic E-state index is 12.6. The van der Waals surface area contributed by atoms with Crippen molar-refractivity contribution < 1.29 is 9.53 Å². The van der Waals surface area contributed by atoms with Crippen LogP contribution in [0.3, 0.4) is 0 Å². The third kappa shape index (κ3) is 3.75. The number of thiazole rings is 1. The Bertz CT molecular complexity index is 979. The molecule has 0 radical (unpaired) electrons. The normalized spacial score (nSPS) is 14.4. The summed E-state index contributed by atoms with van der Waals surface area (Å²) in [5.41, 5.74) is 2.85. The molecule has 1 saturated heterocycles. The van der Waals surface area contributed by atoms with E-state index in [1.807, 2.05) is 55.1 Å². The highest BCUT2D eigenvalue weighted by Crippen LogP contribution is 2.34. The van der Waals surface area contributed by atoms with E-state index in [0.29, 0.717) is 19.7 Å². The van der Waals surface area contributed by atoms with Crippen molar-refractivity contribution >= 4 is 38.4 Å². The Kier molecular flexibility index (Phi) is 5.34. The first-order valence-electron chi connectivity index (χ1n) is 9.54. The third-order valence-electron chi connectivity index (χ3n) is 4.89. The van der Waals surface area contributed by atoms with E-state index in [4.69, 9.17) is 9.72 Å². The summed E-state index contributed by atoms with van der Waals surface area (Å²) in [4.78, 5) is 21.5. The molecule has 28 heavy (non-hydrogen) atoms. The summed E-state index contributed by atoms with van der Waals surface area (Å²) in [6, 6.07) is 13.8. The average molecular weight is 397 g/mol. The minimum atomic E-state index is -0.0446. The van der Waals surface area contributed by atoms with Crippen LogP contribution in [-0.4, -0.2) is 48.7 Å². The number of para-hydroxylation sites is 2. The lowest BCUT2D eigenvalue weighted by molar-refractivity contribution is 0.208. The standard InChI is InChI=1S/C21H24N4O2S/c1-3-27-17-9-6-10-18-19(17)23-21(28-18)25-13-11-24(12-14-25)20(26)22-16-8-5-4-7-15(16)2/h4-10H,3,11-14H2,1-2H3,(H,22,26). The largest absolute Gasteiger partial charge is 0.492 e. The maximum atomic E-state index is 12.6. The molecule has 3 aromatic rings. The monoisotopic (exact) mass is 396 g/mol. The molecule has 2 amide bonds. The molecule has 7 heteroatoms. The summed E-state index contributed by atoms with van der Waals surface area (Å²) in [5, 5.41) is 4.00. The van der Waals surface area contributed by atoms with Gasteiger partial charge >= 0.3 is 6.03 Å². The Morgan fingerprint density at radius 1 is 1.14 bits per heavy atom. The molecule has 2 aromatic carbocycles. The number of hydrogen-bond acceptors (Lipinski definition) is 5. The van der Waals surface area contributed by atoms with E-state index in [9.17, 15) is 4.79 Å². The maximum Gasteiger partial charge on any atom is 0.321 e. The number of carbonyl (C=O) groups is 1. The number of fused-ring (bicyclic) bond motifs is 1. The molecule has 0 unspecified atom stereocenters. The first-order valence-corrected chi connectivity index (χ1v) is 10.4. The molecule has 0 spiro atoms. The number of aryl methyl sites for hydroxylation is 1. The highest BCUT2D eigenvalue weighted by Gasteiger charge is 2.24. The van der Waals surface area contributed by atoms with Gasteiger partial charge in [-0.1, -0.05) is 35.6 Å². The molecule has 1 aliphatic heterocycles. The second-order valence-electron chi connectivity index (χ2n) is 6.75. The number of carbonyl (C=O) groups excluding carboxylic acids is 1. The topological polar surface area (TPSA) is 57.7 Å². The summed E-state index contributed by atoms with van der Waals surface area (Å²) < 4.78 is 6.82. The second-order valence-corrected chi connectivity index (χ2v) is 7.76. The third-order valence-corrected chi connectivity index (χ3v) is 5.98. The number of benzene rings is 2. The van der Waals surface area contributed by atoms with Gasteiger partial charge in [0.05, 0.1) is 11.3 Å². The zero-order valence-electron chi connectivity index (χ0n) is 16.1. The molecule has 0 bridgehead atoms. The van der Waals surface area contributed by atoms with Crippen molar-refractivity contribution in [2.45, 2.75) is 13.8 Å². The fourth-order valence-electron chi connectivity index (χ4n) is 3.33. The SMILES string of the molecule is CCOc1cccc2sc(N3CCN(C(=O)Nc4ccccc4C)CC3)nc12. The zero-order chi connectivity index (χ0) is 19.5. The summed E-state index contributed by atoms with van der Waals surface area (Å²) in [5.74, 6) is 0.832. The number of piperazine rings is 1. The Morgan fingerprint density at radius 3 is 2.68 bits per heavy atom. The zero-order valence-corrected chi connectivity index (χ0v) is 17.0. The van der Waals surface area contributed by atoms with Crippen molar-refractivity contribution in [3.63, 3.8) is 0 Å². The van der Waals surface area contributed by atoms with Crippen molar-refractivity contribution in [2.75, 3.05) is 43.0 Å². The molecule has 1 aliphatic rings. The van der Waals surface area contributed by atoms with Gasteiger partial charge in [-0.3, -0.25) is 0 Å². The van der Waals surface area contributed by atoms with Gasteiger partial charge in [0, 0.05) is 31.9 Å². The van der Waals surface area contributed by atoms with Crippen LogP contribution >= 0.6 is 11.3 Å². The molecule has 146 valence electrons. The van der Waals surface area contributed by atoms with Gasteiger partial charge in [0.15, 0.2) is 5.13 Å². The van der Waals surface area contributed by atoms with Crippen LogP contribution in [0.2, 0.25) is 0 Å². The fraction of sp³-hybridized carbons (Fsp3) is 0.333. The molecule has 1 aromatic heterocycles. The van der Waals surface area contributed by atoms with Gasteiger partial charge in [-0.15, -0.1) is 0 Å². The van der Waals surface area contributed by atoms with Gasteiger partial charge < -0.3 is 19.9 Å². The van der Waals surface area contributed by atoms with Crippen LogP contribution in [0.4, 0.5) is 15.6 Å². The van der Waals surface area contributed by atoms with E-state index in [1.165, 1.54) is 0 Å². The van der Waals surface area contributed by atoms with Gasteiger partial charge in [-0.2, -0.15) is 0 Å². The number of ether oxygens (including phenoxy) is 1. The van der Waals surface area contributed by atoms with E-state index in [-0.39, 0.29) is 6.03 Å². The van der Waals surface area contributed by atoms with Crippen LogP contribution in [0, 0.1) is 6.92 Å². The molecule has 1 N–H and O–H groups in total. The van der Waals surface area contributed by atoms with Crippen molar-refractivity contribution in [2.24, 2.45) is 0 Å². The van der Waals surface area contributed by atoms with Crippen LogP contribution in [0.1, 0.15) is 12.5 Å². The number of amides is 2. The quantitative estimate of drug-likeness (QED) is 0.712. The summed E-state index contributed by atoms with van der Waals surface area (Å²) in [6.07, 6.45) is 0. The lowest BCUT2D eigenvalue weighted by Crippen LogP contribution is -2.50. The van der Waals surface area contributed by atoms with Crippen LogP contribution in [0.25, 0.3) is 10.2 Å². The lowest BCUT2D eigenvalue weighted by atomic mass is 10.2. The summed E-state index contributed by atoms with van der Waals surface area (Å²) >= 11 is 1.67. The smallest absolute Gasteiger partial charge is 0.321 e. The first kappa shape index (κ1) is 18.6. The van der Waals surface area contributed by atoms with Crippen LogP contribution in [0.15, 0.2) is 42.5 Å². The van der Waals surface area contributed by atoms with Gasteiger partial charge in [0.1, 0.15) is 11.3 Å². The Labute approximate surface area is 168 Å². The molecule has 6 nitrogen and oxygen atoms in total. The van der Waals surface area contributed by atoms with E-state index in [1.54, 1.807) is 11.3 Å². The molecule has 0 saturated carbocycles. The van der Waals surface area contributed by atoms with Gasteiger partial charge in [0.25, 0.3) is 0 Å². The number of nitrogens with one attached hydrogen (secondary N) is 1. The molecule has 4 rings (SSSR count). The van der Waals surface area contributed by atoms with Crippen molar-refractivity contribution in [3.8, 4) is 5.75 Å². The molecule has 2 heterocycles. The van der Waals surface area contributed by atoms with E-state index in [0.717, 1.165) is 45.4 Å². The molecule has 0 aliphatic carbocycles. The minimum Gasteiger partial charge on any atom is -0.492 e. The fourth-order valence-corrected chi connectivity index (χ4v) is 4.36. The van der Waals surface area contributed by atoms with Crippen LogP contribution < -0.4 is 15.0 Å². The van der Waals surface area contributed by atoms with Crippen molar-refractivity contribution in [1.29, 1.82) is 0 Å². The van der Waals surface area contributed by atoms with E-state index in [2.05, 4.69) is 16.3 Å².